The van der Waals surface area contributed by atoms with Crippen LogP contribution in [-0.4, -0.2) is 46.4 Å². The van der Waals surface area contributed by atoms with Crippen LogP contribution < -0.4 is 5.32 Å². The molecule has 2 atom stereocenters. The molecule has 5 heteroatoms. The van der Waals surface area contributed by atoms with Crippen molar-refractivity contribution in [2.75, 3.05) is 26.2 Å². The lowest BCUT2D eigenvalue weighted by atomic mass is 9.82. The number of likely N-dealkylation sites (tertiary alicyclic amines) is 1. The van der Waals surface area contributed by atoms with Gasteiger partial charge in [-0.1, -0.05) is 18.9 Å². The molecule has 0 spiro atoms. The Morgan fingerprint density at radius 3 is 2.76 bits per heavy atom. The zero-order valence-electron chi connectivity index (χ0n) is 15.2. The molecule has 1 saturated carbocycles. The fourth-order valence-electron chi connectivity index (χ4n) is 4.39. The van der Waals surface area contributed by atoms with Crippen molar-refractivity contribution < 1.29 is 0 Å². The molecular formula is C20H29N5. The van der Waals surface area contributed by atoms with Crippen LogP contribution in [0.5, 0.6) is 0 Å². The SMILES string of the molecule is CCNC(=NCCc1cn2ccccc2n1)N1CC2CCCCC2C1. The van der Waals surface area contributed by atoms with Gasteiger partial charge in [-0.3, -0.25) is 4.99 Å². The van der Waals surface area contributed by atoms with Gasteiger partial charge in [0.25, 0.3) is 0 Å². The van der Waals surface area contributed by atoms with Crippen molar-refractivity contribution in [3.8, 4) is 0 Å². The van der Waals surface area contributed by atoms with Crippen LogP contribution in [0.3, 0.4) is 0 Å². The lowest BCUT2D eigenvalue weighted by molar-refractivity contribution is 0.299. The molecule has 2 unspecified atom stereocenters. The van der Waals surface area contributed by atoms with Gasteiger partial charge in [0, 0.05) is 45.0 Å². The fraction of sp³-hybridized carbons (Fsp3) is 0.600. The number of guanidine groups is 1. The van der Waals surface area contributed by atoms with Crippen LogP contribution in [-0.2, 0) is 6.42 Å². The third-order valence-corrected chi connectivity index (χ3v) is 5.65. The van der Waals surface area contributed by atoms with E-state index in [9.17, 15) is 0 Å². The average Bonchev–Trinajstić information content (AvgIpc) is 3.24. The topological polar surface area (TPSA) is 44.9 Å². The second-order valence-electron chi connectivity index (χ2n) is 7.39. The van der Waals surface area contributed by atoms with Gasteiger partial charge in [0.05, 0.1) is 5.69 Å². The summed E-state index contributed by atoms with van der Waals surface area (Å²) < 4.78 is 2.08. The zero-order chi connectivity index (χ0) is 17.1. The van der Waals surface area contributed by atoms with E-state index in [4.69, 9.17) is 4.99 Å². The molecule has 1 aliphatic heterocycles. The predicted octanol–water partition coefficient (Wildman–Crippen LogP) is 2.96. The van der Waals surface area contributed by atoms with Gasteiger partial charge in [0.2, 0.25) is 0 Å². The van der Waals surface area contributed by atoms with Gasteiger partial charge in [-0.2, -0.15) is 0 Å². The van der Waals surface area contributed by atoms with Crippen LogP contribution in [0.4, 0.5) is 0 Å². The number of fused-ring (bicyclic) bond motifs is 2. The largest absolute Gasteiger partial charge is 0.357 e. The molecule has 1 N–H and O–H groups in total. The monoisotopic (exact) mass is 339 g/mol. The summed E-state index contributed by atoms with van der Waals surface area (Å²) in [6.07, 6.45) is 10.7. The molecule has 2 fully saturated rings. The average molecular weight is 339 g/mol. The summed E-state index contributed by atoms with van der Waals surface area (Å²) in [4.78, 5) is 12.1. The third kappa shape index (κ3) is 3.65. The first-order valence-electron chi connectivity index (χ1n) is 9.79. The van der Waals surface area contributed by atoms with Gasteiger partial charge in [0.15, 0.2) is 5.96 Å². The summed E-state index contributed by atoms with van der Waals surface area (Å²) in [5.74, 6) is 2.87. The summed E-state index contributed by atoms with van der Waals surface area (Å²) in [6.45, 7) is 6.24. The van der Waals surface area contributed by atoms with Gasteiger partial charge in [-0.15, -0.1) is 0 Å². The van der Waals surface area contributed by atoms with Crippen LogP contribution in [0.25, 0.3) is 5.65 Å². The maximum atomic E-state index is 4.90. The minimum Gasteiger partial charge on any atom is -0.357 e. The first-order chi connectivity index (χ1) is 12.3. The smallest absolute Gasteiger partial charge is 0.193 e. The molecule has 2 aromatic rings. The molecule has 0 amide bonds. The quantitative estimate of drug-likeness (QED) is 0.688. The van der Waals surface area contributed by atoms with Crippen LogP contribution in [0.1, 0.15) is 38.3 Å². The molecule has 0 radical (unpaired) electrons. The Morgan fingerprint density at radius 1 is 1.24 bits per heavy atom. The molecule has 4 rings (SSSR count). The number of aromatic nitrogens is 2. The number of hydrogen-bond acceptors (Lipinski definition) is 2. The van der Waals surface area contributed by atoms with Crippen molar-refractivity contribution in [2.24, 2.45) is 16.8 Å². The second-order valence-corrected chi connectivity index (χ2v) is 7.39. The maximum absolute atomic E-state index is 4.90. The molecule has 2 aromatic heterocycles. The highest BCUT2D eigenvalue weighted by atomic mass is 15.3. The van der Waals surface area contributed by atoms with E-state index >= 15 is 0 Å². The van der Waals surface area contributed by atoms with E-state index < -0.39 is 0 Å². The van der Waals surface area contributed by atoms with Crippen LogP contribution >= 0.6 is 0 Å². The fourth-order valence-corrected chi connectivity index (χ4v) is 4.39. The van der Waals surface area contributed by atoms with Crippen molar-refractivity contribution in [1.29, 1.82) is 0 Å². The van der Waals surface area contributed by atoms with Gasteiger partial charge in [-0.05, 0) is 43.7 Å². The lowest BCUT2D eigenvalue weighted by Gasteiger charge is -2.22. The van der Waals surface area contributed by atoms with Crippen molar-refractivity contribution in [3.63, 3.8) is 0 Å². The van der Waals surface area contributed by atoms with E-state index in [1.165, 1.54) is 38.8 Å². The predicted molar refractivity (Wildman–Crippen MR) is 102 cm³/mol. The Kier molecular flexibility index (Phi) is 4.90. The van der Waals surface area contributed by atoms with E-state index in [1.54, 1.807) is 0 Å². The molecule has 5 nitrogen and oxygen atoms in total. The summed E-state index contributed by atoms with van der Waals surface area (Å²) in [7, 11) is 0. The Hall–Kier alpha value is -2.04. The Bertz CT molecular complexity index is 688. The van der Waals surface area contributed by atoms with Gasteiger partial charge >= 0.3 is 0 Å². The Labute approximate surface area is 150 Å². The summed E-state index contributed by atoms with van der Waals surface area (Å²) in [5.41, 5.74) is 2.12. The van der Waals surface area contributed by atoms with E-state index in [0.717, 1.165) is 48.6 Å². The number of rotatable bonds is 4. The minimum absolute atomic E-state index is 0.790. The highest BCUT2D eigenvalue weighted by Crippen LogP contribution is 2.35. The lowest BCUT2D eigenvalue weighted by Crippen LogP contribution is -2.40. The molecule has 25 heavy (non-hydrogen) atoms. The Balaban J connectivity index is 1.40. The number of imidazole rings is 1. The standard InChI is InChI=1S/C20H29N5/c1-2-21-20(25-13-16-7-3-4-8-17(16)14-25)22-11-10-18-15-24-12-6-5-9-19(24)23-18/h5-6,9,12,15-17H,2-4,7-8,10-11,13-14H2,1H3,(H,21,22). The normalized spacial score (nSPS) is 23.9. The molecule has 3 heterocycles. The van der Waals surface area contributed by atoms with Crippen LogP contribution in [0.2, 0.25) is 0 Å². The number of nitrogens with one attached hydrogen (secondary N) is 1. The maximum Gasteiger partial charge on any atom is 0.193 e. The molecule has 2 aliphatic rings. The van der Waals surface area contributed by atoms with Crippen molar-refractivity contribution >= 4 is 11.6 Å². The van der Waals surface area contributed by atoms with Crippen molar-refractivity contribution in [1.82, 2.24) is 19.6 Å². The highest BCUT2D eigenvalue weighted by Gasteiger charge is 2.35. The van der Waals surface area contributed by atoms with Crippen LogP contribution in [0, 0.1) is 11.8 Å². The number of aliphatic imine (C=N–C) groups is 1. The van der Waals surface area contributed by atoms with E-state index in [0.29, 0.717) is 0 Å². The van der Waals surface area contributed by atoms with E-state index in [1.807, 2.05) is 24.4 Å². The first kappa shape index (κ1) is 16.4. The summed E-state index contributed by atoms with van der Waals surface area (Å²) in [5, 5.41) is 3.50. The highest BCUT2D eigenvalue weighted by molar-refractivity contribution is 5.80. The third-order valence-electron chi connectivity index (χ3n) is 5.65. The van der Waals surface area contributed by atoms with Crippen molar-refractivity contribution in [2.45, 2.75) is 39.0 Å². The van der Waals surface area contributed by atoms with Gasteiger partial charge < -0.3 is 14.6 Å². The summed E-state index contributed by atoms with van der Waals surface area (Å²) in [6, 6.07) is 6.11. The second kappa shape index (κ2) is 7.46. The van der Waals surface area contributed by atoms with E-state index in [-0.39, 0.29) is 0 Å². The molecule has 1 aliphatic carbocycles. The molecule has 1 saturated heterocycles. The zero-order valence-corrected chi connectivity index (χ0v) is 15.2. The Morgan fingerprint density at radius 2 is 2.04 bits per heavy atom. The number of hydrogen-bond donors (Lipinski definition) is 1. The van der Waals surface area contributed by atoms with Crippen LogP contribution in [0.15, 0.2) is 35.6 Å². The molecule has 0 aromatic carbocycles. The number of nitrogens with zero attached hydrogens (tertiary/aromatic N) is 4. The van der Waals surface area contributed by atoms with Gasteiger partial charge in [0.1, 0.15) is 5.65 Å². The van der Waals surface area contributed by atoms with E-state index in [2.05, 4.69) is 32.7 Å². The molecule has 134 valence electrons. The minimum atomic E-state index is 0.790. The first-order valence-corrected chi connectivity index (χ1v) is 9.79. The number of pyridine rings is 1. The molecular weight excluding hydrogens is 310 g/mol. The van der Waals surface area contributed by atoms with Crippen molar-refractivity contribution in [3.05, 3.63) is 36.3 Å². The summed E-state index contributed by atoms with van der Waals surface area (Å²) >= 11 is 0. The molecule has 0 bridgehead atoms. The van der Waals surface area contributed by atoms with Gasteiger partial charge in [-0.25, -0.2) is 4.98 Å².